The fourth-order valence-corrected chi connectivity index (χ4v) is 2.87. The molecule has 1 aromatic heterocycles. The van der Waals surface area contributed by atoms with Crippen LogP contribution in [0.1, 0.15) is 24.7 Å². The molecule has 2 heterocycles. The maximum Gasteiger partial charge on any atom is 0.318 e. The van der Waals surface area contributed by atoms with E-state index >= 15 is 0 Å². The van der Waals surface area contributed by atoms with Crippen molar-refractivity contribution in [2.75, 3.05) is 20.2 Å². The zero-order chi connectivity index (χ0) is 17.6. The van der Waals surface area contributed by atoms with Gasteiger partial charge in [0.15, 0.2) is 5.82 Å². The molecule has 0 fully saturated rings. The number of urea groups is 1. The molecule has 0 saturated carbocycles. The number of carbonyl (C=O) groups excluding carboxylic acids is 1. The number of hydrogen-bond acceptors (Lipinski definition) is 4. The lowest BCUT2D eigenvalue weighted by Gasteiger charge is -2.27. The van der Waals surface area contributed by atoms with Gasteiger partial charge in [0.1, 0.15) is 12.1 Å². The first-order valence-corrected chi connectivity index (χ1v) is 8.44. The van der Waals surface area contributed by atoms with Gasteiger partial charge in [-0.1, -0.05) is 18.2 Å². The monoisotopic (exact) mass is 341 g/mol. The van der Waals surface area contributed by atoms with Crippen LogP contribution >= 0.6 is 0 Å². The molecule has 1 aliphatic heterocycles. The Balaban J connectivity index is 1.55. The smallest absolute Gasteiger partial charge is 0.318 e. The molecule has 7 heteroatoms. The van der Waals surface area contributed by atoms with Gasteiger partial charge in [-0.15, -0.1) is 10.2 Å². The van der Waals surface area contributed by atoms with Crippen LogP contribution in [0.4, 0.5) is 4.79 Å². The molecule has 0 atom stereocenters. The van der Waals surface area contributed by atoms with Gasteiger partial charge in [-0.25, -0.2) is 4.79 Å². The van der Waals surface area contributed by atoms with E-state index in [1.54, 1.807) is 18.3 Å². The first-order chi connectivity index (χ1) is 12.2. The molecule has 7 nitrogen and oxygen atoms in total. The number of aromatic nitrogens is 3. The Morgan fingerprint density at radius 2 is 2.12 bits per heavy atom. The molecule has 132 valence electrons. The Bertz CT molecular complexity index is 751. The Morgan fingerprint density at radius 3 is 2.76 bits per heavy atom. The summed E-state index contributed by atoms with van der Waals surface area (Å²) in [5.41, 5.74) is 2.44. The van der Waals surface area contributed by atoms with Crippen molar-refractivity contribution in [2.45, 2.75) is 26.4 Å². The summed E-state index contributed by atoms with van der Waals surface area (Å²) >= 11 is 0. The van der Waals surface area contributed by atoms with Crippen LogP contribution in [0.15, 0.2) is 36.7 Å². The Labute approximate surface area is 147 Å². The highest BCUT2D eigenvalue weighted by molar-refractivity contribution is 5.76. The number of methoxy groups -OCH3 is 1. The molecule has 3 rings (SSSR count). The third-order valence-electron chi connectivity index (χ3n) is 4.39. The second-order valence-corrected chi connectivity index (χ2v) is 5.85. The van der Waals surface area contributed by atoms with Crippen LogP contribution in [0.2, 0.25) is 0 Å². The summed E-state index contributed by atoms with van der Waals surface area (Å²) < 4.78 is 7.10. The second kappa shape index (κ2) is 7.83. The molecule has 1 aliphatic rings. The number of ether oxygens (including phenoxy) is 1. The van der Waals surface area contributed by atoms with Crippen molar-refractivity contribution in [2.24, 2.45) is 0 Å². The number of benzene rings is 1. The van der Waals surface area contributed by atoms with Gasteiger partial charge in [-0.3, -0.25) is 0 Å². The van der Waals surface area contributed by atoms with Crippen LogP contribution in [0.5, 0.6) is 5.75 Å². The molecule has 0 radical (unpaired) electrons. The zero-order valence-electron chi connectivity index (χ0n) is 14.6. The van der Waals surface area contributed by atoms with Crippen molar-refractivity contribution in [1.29, 1.82) is 0 Å². The van der Waals surface area contributed by atoms with Crippen molar-refractivity contribution in [3.05, 3.63) is 48.1 Å². The van der Waals surface area contributed by atoms with Crippen molar-refractivity contribution >= 4 is 11.6 Å². The number of carbonyl (C=O) groups is 1. The van der Waals surface area contributed by atoms with E-state index in [0.717, 1.165) is 24.5 Å². The zero-order valence-corrected chi connectivity index (χ0v) is 14.6. The molecule has 2 aromatic rings. The summed E-state index contributed by atoms with van der Waals surface area (Å²) in [4.78, 5) is 14.1. The fraction of sp³-hybridized carbons (Fsp3) is 0.389. The highest BCUT2D eigenvalue weighted by Gasteiger charge is 2.18. The van der Waals surface area contributed by atoms with Crippen molar-refractivity contribution in [1.82, 2.24) is 25.0 Å². The molecule has 1 aromatic carbocycles. The minimum absolute atomic E-state index is 0.0734. The predicted molar refractivity (Wildman–Crippen MR) is 95.1 cm³/mol. The molecule has 25 heavy (non-hydrogen) atoms. The van der Waals surface area contributed by atoms with E-state index in [0.29, 0.717) is 19.6 Å². The van der Waals surface area contributed by atoms with Crippen LogP contribution in [0.3, 0.4) is 0 Å². The Hall–Kier alpha value is -2.83. The maximum atomic E-state index is 12.3. The Morgan fingerprint density at radius 1 is 1.32 bits per heavy atom. The van der Waals surface area contributed by atoms with Crippen LogP contribution < -0.4 is 10.1 Å². The van der Waals surface area contributed by atoms with E-state index in [9.17, 15) is 4.79 Å². The molecular formula is C18H23N5O2. The summed E-state index contributed by atoms with van der Waals surface area (Å²) in [6.07, 6.45) is 4.62. The van der Waals surface area contributed by atoms with E-state index < -0.39 is 0 Å². The van der Waals surface area contributed by atoms with Crippen molar-refractivity contribution in [3.8, 4) is 5.75 Å². The molecule has 2 amide bonds. The minimum atomic E-state index is -0.0734. The standard InChI is InChI=1S/C18H23N5O2/c1-3-22-13-20-21-17(22)12-19-18(24)23-10-8-15(9-11-23)14-4-6-16(25-2)7-5-14/h4-8,13H,3,9-12H2,1-2H3,(H,19,24). The maximum absolute atomic E-state index is 12.3. The highest BCUT2D eigenvalue weighted by Crippen LogP contribution is 2.24. The van der Waals surface area contributed by atoms with Gasteiger partial charge in [0, 0.05) is 19.6 Å². The van der Waals surface area contributed by atoms with E-state index in [4.69, 9.17) is 4.74 Å². The summed E-state index contributed by atoms with van der Waals surface area (Å²) in [7, 11) is 1.66. The number of nitrogens with one attached hydrogen (secondary N) is 1. The van der Waals surface area contributed by atoms with Crippen LogP contribution in [-0.2, 0) is 13.1 Å². The summed E-state index contributed by atoms with van der Waals surface area (Å²) in [6, 6.07) is 7.95. The molecule has 0 bridgehead atoms. The van der Waals surface area contributed by atoms with E-state index in [2.05, 4.69) is 33.7 Å². The molecule has 0 aliphatic carbocycles. The third-order valence-corrected chi connectivity index (χ3v) is 4.39. The van der Waals surface area contributed by atoms with Crippen LogP contribution in [-0.4, -0.2) is 45.9 Å². The number of hydrogen-bond donors (Lipinski definition) is 1. The normalized spacial score (nSPS) is 14.2. The number of aryl methyl sites for hydroxylation is 1. The third kappa shape index (κ3) is 3.99. The fourth-order valence-electron chi connectivity index (χ4n) is 2.87. The lowest BCUT2D eigenvalue weighted by Crippen LogP contribution is -2.42. The molecular weight excluding hydrogens is 318 g/mol. The van der Waals surface area contributed by atoms with Gasteiger partial charge in [-0.2, -0.15) is 0 Å². The highest BCUT2D eigenvalue weighted by atomic mass is 16.5. The van der Waals surface area contributed by atoms with Gasteiger partial charge < -0.3 is 19.5 Å². The van der Waals surface area contributed by atoms with E-state index in [-0.39, 0.29) is 6.03 Å². The summed E-state index contributed by atoms with van der Waals surface area (Å²) in [5, 5.41) is 10.8. The topological polar surface area (TPSA) is 72.3 Å². The SMILES string of the molecule is CCn1cnnc1CNC(=O)N1CC=C(c2ccc(OC)cc2)CC1. The summed E-state index contributed by atoms with van der Waals surface area (Å²) in [6.45, 7) is 4.50. The van der Waals surface area contributed by atoms with Crippen LogP contribution in [0.25, 0.3) is 5.57 Å². The minimum Gasteiger partial charge on any atom is -0.497 e. The van der Waals surface area contributed by atoms with E-state index in [1.807, 2.05) is 23.6 Å². The quantitative estimate of drug-likeness (QED) is 0.906. The van der Waals surface area contributed by atoms with Gasteiger partial charge in [-0.05, 0) is 36.6 Å². The van der Waals surface area contributed by atoms with Gasteiger partial charge in [0.2, 0.25) is 0 Å². The largest absolute Gasteiger partial charge is 0.497 e. The second-order valence-electron chi connectivity index (χ2n) is 5.85. The molecule has 0 saturated heterocycles. The van der Waals surface area contributed by atoms with Gasteiger partial charge in [0.05, 0.1) is 13.7 Å². The molecule has 0 spiro atoms. The number of amides is 2. The lowest BCUT2D eigenvalue weighted by atomic mass is 9.99. The Kier molecular flexibility index (Phi) is 5.33. The molecule has 1 N–H and O–H groups in total. The average molecular weight is 341 g/mol. The van der Waals surface area contributed by atoms with E-state index in [1.165, 1.54) is 11.1 Å². The van der Waals surface area contributed by atoms with Crippen molar-refractivity contribution in [3.63, 3.8) is 0 Å². The first kappa shape index (κ1) is 17.0. The first-order valence-electron chi connectivity index (χ1n) is 8.44. The van der Waals surface area contributed by atoms with Crippen LogP contribution in [0, 0.1) is 0 Å². The molecule has 0 unspecified atom stereocenters. The predicted octanol–water partition coefficient (Wildman–Crippen LogP) is 2.31. The average Bonchev–Trinajstić information content (AvgIpc) is 3.14. The number of rotatable bonds is 5. The number of nitrogens with zero attached hydrogens (tertiary/aromatic N) is 4. The van der Waals surface area contributed by atoms with Gasteiger partial charge >= 0.3 is 6.03 Å². The summed E-state index contributed by atoms with van der Waals surface area (Å²) in [5.74, 6) is 1.61. The van der Waals surface area contributed by atoms with Crippen molar-refractivity contribution < 1.29 is 9.53 Å². The van der Waals surface area contributed by atoms with Gasteiger partial charge in [0.25, 0.3) is 0 Å². The lowest BCUT2D eigenvalue weighted by molar-refractivity contribution is 0.202.